The first-order chi connectivity index (χ1) is 12.9. The number of benzene rings is 1. The van der Waals surface area contributed by atoms with E-state index in [-0.39, 0.29) is 12.4 Å². The molecule has 1 aliphatic heterocycles. The number of nitrogens with zero attached hydrogens (tertiary/aromatic N) is 3. The molecule has 0 bridgehead atoms. The molecular weight excluding hydrogens is 356 g/mol. The van der Waals surface area contributed by atoms with Crippen molar-refractivity contribution in [3.63, 3.8) is 0 Å². The SMILES string of the molecule is Cl.c1ccc(CN(Cc2ccc3ncccc3c2)C2CCCNCC2)nc1. The first kappa shape index (κ1) is 19.7. The van der Waals surface area contributed by atoms with Crippen LogP contribution in [0.15, 0.2) is 60.9 Å². The molecule has 3 heterocycles. The summed E-state index contributed by atoms with van der Waals surface area (Å²) < 4.78 is 0. The van der Waals surface area contributed by atoms with Gasteiger partial charge in [0.15, 0.2) is 0 Å². The Balaban J connectivity index is 0.00000210. The number of aromatic nitrogens is 2. The van der Waals surface area contributed by atoms with Crippen molar-refractivity contribution in [1.82, 2.24) is 20.2 Å². The Morgan fingerprint density at radius 3 is 2.74 bits per heavy atom. The lowest BCUT2D eigenvalue weighted by molar-refractivity contribution is 0.162. The largest absolute Gasteiger partial charge is 0.317 e. The monoisotopic (exact) mass is 382 g/mol. The summed E-state index contributed by atoms with van der Waals surface area (Å²) in [6, 6.07) is 17.6. The van der Waals surface area contributed by atoms with Crippen LogP contribution in [0.5, 0.6) is 0 Å². The quantitative estimate of drug-likeness (QED) is 0.718. The van der Waals surface area contributed by atoms with Crippen LogP contribution in [-0.4, -0.2) is 34.0 Å². The summed E-state index contributed by atoms with van der Waals surface area (Å²) in [5.41, 5.74) is 3.55. The van der Waals surface area contributed by atoms with Crippen LogP contribution in [0.1, 0.15) is 30.5 Å². The summed E-state index contributed by atoms with van der Waals surface area (Å²) in [4.78, 5) is 11.6. The molecule has 0 spiro atoms. The molecule has 0 saturated carbocycles. The van der Waals surface area contributed by atoms with Crippen molar-refractivity contribution >= 4 is 23.3 Å². The van der Waals surface area contributed by atoms with Gasteiger partial charge in [-0.15, -0.1) is 12.4 Å². The predicted octanol–water partition coefficient (Wildman–Crippen LogP) is 4.20. The van der Waals surface area contributed by atoms with E-state index >= 15 is 0 Å². The molecule has 1 N–H and O–H groups in total. The fourth-order valence-corrected chi connectivity index (χ4v) is 3.84. The van der Waals surface area contributed by atoms with Gasteiger partial charge in [-0.25, -0.2) is 0 Å². The second-order valence-corrected chi connectivity index (χ2v) is 7.09. The lowest BCUT2D eigenvalue weighted by atomic mass is 10.0. The fraction of sp³-hybridized carbons (Fsp3) is 0.364. The van der Waals surface area contributed by atoms with Gasteiger partial charge in [0, 0.05) is 36.9 Å². The van der Waals surface area contributed by atoms with Gasteiger partial charge in [0.1, 0.15) is 0 Å². The highest BCUT2D eigenvalue weighted by Gasteiger charge is 2.21. The molecule has 3 aromatic rings. The van der Waals surface area contributed by atoms with Gasteiger partial charge in [-0.2, -0.15) is 0 Å². The molecule has 1 aliphatic rings. The molecule has 5 heteroatoms. The minimum atomic E-state index is 0. The number of fused-ring (bicyclic) bond motifs is 1. The van der Waals surface area contributed by atoms with Crippen molar-refractivity contribution in [2.24, 2.45) is 0 Å². The third kappa shape index (κ3) is 5.25. The Morgan fingerprint density at radius 2 is 1.85 bits per heavy atom. The van der Waals surface area contributed by atoms with Gasteiger partial charge in [0.2, 0.25) is 0 Å². The molecule has 142 valence electrons. The van der Waals surface area contributed by atoms with Gasteiger partial charge < -0.3 is 5.32 Å². The van der Waals surface area contributed by atoms with Gasteiger partial charge >= 0.3 is 0 Å². The molecule has 4 nitrogen and oxygen atoms in total. The minimum Gasteiger partial charge on any atom is -0.317 e. The van der Waals surface area contributed by atoms with E-state index in [2.05, 4.69) is 56.6 Å². The second-order valence-electron chi connectivity index (χ2n) is 7.09. The average Bonchev–Trinajstić information content (AvgIpc) is 2.98. The van der Waals surface area contributed by atoms with Gasteiger partial charge in [0.05, 0.1) is 11.2 Å². The zero-order chi connectivity index (χ0) is 17.6. The number of hydrogen-bond donors (Lipinski definition) is 1. The van der Waals surface area contributed by atoms with Crippen LogP contribution in [-0.2, 0) is 13.1 Å². The zero-order valence-electron chi connectivity index (χ0n) is 15.6. The number of nitrogens with one attached hydrogen (secondary N) is 1. The molecule has 1 atom stereocenters. The third-order valence-electron chi connectivity index (χ3n) is 5.21. The molecule has 4 rings (SSSR count). The molecule has 27 heavy (non-hydrogen) atoms. The first-order valence-corrected chi connectivity index (χ1v) is 9.57. The van der Waals surface area contributed by atoms with Gasteiger partial charge in [-0.05, 0) is 68.2 Å². The maximum absolute atomic E-state index is 4.56. The van der Waals surface area contributed by atoms with Crippen LogP contribution in [0.2, 0.25) is 0 Å². The lowest BCUT2D eigenvalue weighted by Crippen LogP contribution is -2.35. The maximum Gasteiger partial charge on any atom is 0.0702 e. The Bertz CT molecular complexity index is 832. The van der Waals surface area contributed by atoms with E-state index in [1.807, 2.05) is 24.5 Å². The Morgan fingerprint density at radius 1 is 0.926 bits per heavy atom. The summed E-state index contributed by atoms with van der Waals surface area (Å²) in [6.07, 6.45) is 7.43. The highest BCUT2D eigenvalue weighted by Crippen LogP contribution is 2.21. The van der Waals surface area contributed by atoms with Crippen LogP contribution < -0.4 is 5.32 Å². The zero-order valence-corrected chi connectivity index (χ0v) is 16.4. The molecular formula is C22H27ClN4. The highest BCUT2D eigenvalue weighted by atomic mass is 35.5. The van der Waals surface area contributed by atoms with E-state index in [0.717, 1.165) is 37.4 Å². The molecule has 0 aliphatic carbocycles. The minimum absolute atomic E-state index is 0. The number of rotatable bonds is 5. The van der Waals surface area contributed by atoms with Crippen molar-refractivity contribution in [3.8, 4) is 0 Å². The van der Waals surface area contributed by atoms with Crippen LogP contribution in [0.4, 0.5) is 0 Å². The summed E-state index contributed by atoms with van der Waals surface area (Å²) in [6.45, 7) is 4.09. The van der Waals surface area contributed by atoms with Crippen LogP contribution in [0.25, 0.3) is 10.9 Å². The predicted molar refractivity (Wildman–Crippen MR) is 113 cm³/mol. The van der Waals surface area contributed by atoms with E-state index in [4.69, 9.17) is 0 Å². The highest BCUT2D eigenvalue weighted by molar-refractivity contribution is 5.85. The normalized spacial score (nSPS) is 17.4. The molecule has 1 aromatic carbocycles. The van der Waals surface area contributed by atoms with Crippen LogP contribution >= 0.6 is 12.4 Å². The van der Waals surface area contributed by atoms with Crippen molar-refractivity contribution in [2.45, 2.75) is 38.4 Å². The summed E-state index contributed by atoms with van der Waals surface area (Å²) in [5.74, 6) is 0. The van der Waals surface area contributed by atoms with Gasteiger partial charge in [-0.1, -0.05) is 18.2 Å². The number of hydrogen-bond acceptors (Lipinski definition) is 4. The van der Waals surface area contributed by atoms with E-state index in [1.165, 1.54) is 30.2 Å². The van der Waals surface area contributed by atoms with Gasteiger partial charge in [0.25, 0.3) is 0 Å². The number of halogens is 1. The Hall–Kier alpha value is -2.01. The summed E-state index contributed by atoms with van der Waals surface area (Å²) in [5, 5.41) is 4.75. The molecule has 1 saturated heterocycles. The van der Waals surface area contributed by atoms with Crippen molar-refractivity contribution in [3.05, 3.63) is 72.2 Å². The van der Waals surface area contributed by atoms with Crippen molar-refractivity contribution in [1.29, 1.82) is 0 Å². The molecule has 1 fully saturated rings. The van der Waals surface area contributed by atoms with Crippen LogP contribution in [0, 0.1) is 0 Å². The lowest BCUT2D eigenvalue weighted by Gasteiger charge is -2.31. The summed E-state index contributed by atoms with van der Waals surface area (Å²) >= 11 is 0. The third-order valence-corrected chi connectivity index (χ3v) is 5.21. The fourth-order valence-electron chi connectivity index (χ4n) is 3.84. The smallest absolute Gasteiger partial charge is 0.0702 e. The standard InChI is InChI=1S/C22H26N4.ClH/c1-2-12-24-20(6-1)17-26(21-7-4-11-23-14-10-21)16-18-8-9-22-19(15-18)5-3-13-25-22;/h1-3,5-6,8-9,12-13,15,21,23H,4,7,10-11,14,16-17H2;1H. The molecule has 0 radical (unpaired) electrons. The first-order valence-electron chi connectivity index (χ1n) is 9.57. The van der Waals surface area contributed by atoms with Crippen molar-refractivity contribution in [2.75, 3.05) is 13.1 Å². The average molecular weight is 383 g/mol. The van der Waals surface area contributed by atoms with E-state index in [0.29, 0.717) is 6.04 Å². The summed E-state index contributed by atoms with van der Waals surface area (Å²) in [7, 11) is 0. The van der Waals surface area contributed by atoms with E-state index in [1.54, 1.807) is 0 Å². The van der Waals surface area contributed by atoms with E-state index in [9.17, 15) is 0 Å². The van der Waals surface area contributed by atoms with E-state index < -0.39 is 0 Å². The molecule has 1 unspecified atom stereocenters. The topological polar surface area (TPSA) is 41.1 Å². The Labute approximate surface area is 167 Å². The number of pyridine rings is 2. The Kier molecular flexibility index (Phi) is 7.16. The molecule has 0 amide bonds. The second kappa shape index (κ2) is 9.79. The maximum atomic E-state index is 4.56. The molecule has 2 aromatic heterocycles. The van der Waals surface area contributed by atoms with Crippen LogP contribution in [0.3, 0.4) is 0 Å². The van der Waals surface area contributed by atoms with Gasteiger partial charge in [-0.3, -0.25) is 14.9 Å². The van der Waals surface area contributed by atoms with Crippen molar-refractivity contribution < 1.29 is 0 Å².